The first-order valence-corrected chi connectivity index (χ1v) is 5.72. The van der Waals surface area contributed by atoms with E-state index in [2.05, 4.69) is 0 Å². The highest BCUT2D eigenvalue weighted by Crippen LogP contribution is 2.24. The molecule has 0 amide bonds. The molecule has 0 spiro atoms. The molecule has 7 heteroatoms. The largest absolute Gasteiger partial charge is 0.478 e. The molecule has 1 aromatic carbocycles. The predicted molar refractivity (Wildman–Crippen MR) is 54.5 cm³/mol. The second kappa shape index (κ2) is 3.80. The summed E-state index contributed by atoms with van der Waals surface area (Å²) < 4.78 is 22.2. The van der Waals surface area contributed by atoms with Gasteiger partial charge < -0.3 is 5.11 Å². The molecule has 0 aromatic heterocycles. The minimum Gasteiger partial charge on any atom is -0.478 e. The molecule has 82 valence electrons. The van der Waals surface area contributed by atoms with Crippen molar-refractivity contribution in [2.24, 2.45) is 5.14 Å². The van der Waals surface area contributed by atoms with Gasteiger partial charge in [-0.25, -0.2) is 18.4 Å². The summed E-state index contributed by atoms with van der Waals surface area (Å²) in [4.78, 5) is 10.4. The topological polar surface area (TPSA) is 97.5 Å². The van der Waals surface area contributed by atoms with Crippen molar-refractivity contribution in [3.05, 3.63) is 28.3 Å². The Morgan fingerprint density at radius 3 is 2.40 bits per heavy atom. The van der Waals surface area contributed by atoms with E-state index >= 15 is 0 Å². The Hall–Kier alpha value is -1.11. The number of hydrogen-bond donors (Lipinski definition) is 2. The molecule has 1 aromatic rings. The van der Waals surface area contributed by atoms with Crippen LogP contribution in [0.1, 0.15) is 15.9 Å². The van der Waals surface area contributed by atoms with Gasteiger partial charge in [-0.1, -0.05) is 11.6 Å². The molecule has 0 atom stereocenters. The van der Waals surface area contributed by atoms with Crippen LogP contribution in [-0.2, 0) is 10.0 Å². The molecule has 1 rings (SSSR count). The maximum Gasteiger partial charge on any atom is 0.335 e. The van der Waals surface area contributed by atoms with Crippen LogP contribution in [-0.4, -0.2) is 19.5 Å². The number of carboxylic acid groups (broad SMARTS) is 1. The van der Waals surface area contributed by atoms with Gasteiger partial charge in [0, 0.05) is 5.02 Å². The Bertz CT molecular complexity index is 524. The van der Waals surface area contributed by atoms with E-state index in [4.69, 9.17) is 21.8 Å². The predicted octanol–water partition coefficient (Wildman–Crippen LogP) is 0.994. The fourth-order valence-corrected chi connectivity index (χ4v) is 2.18. The Kier molecular flexibility index (Phi) is 3.03. The number of sulfonamides is 1. The van der Waals surface area contributed by atoms with Gasteiger partial charge in [0.15, 0.2) is 0 Å². The number of carboxylic acids is 1. The van der Waals surface area contributed by atoms with E-state index in [1.54, 1.807) is 0 Å². The Labute approximate surface area is 91.5 Å². The van der Waals surface area contributed by atoms with Gasteiger partial charge in [0.2, 0.25) is 10.0 Å². The van der Waals surface area contributed by atoms with Crippen molar-refractivity contribution in [2.75, 3.05) is 0 Å². The molecule has 15 heavy (non-hydrogen) atoms. The zero-order valence-electron chi connectivity index (χ0n) is 7.69. The number of aromatic carboxylic acids is 1. The van der Waals surface area contributed by atoms with Crippen LogP contribution in [0.25, 0.3) is 0 Å². The summed E-state index contributed by atoms with van der Waals surface area (Å²) in [6.07, 6.45) is 0. The van der Waals surface area contributed by atoms with Gasteiger partial charge >= 0.3 is 5.97 Å². The summed E-state index contributed by atoms with van der Waals surface area (Å²) >= 11 is 5.69. The zero-order valence-corrected chi connectivity index (χ0v) is 9.26. The standard InChI is InChI=1S/C8H8ClNO4S/c1-4-6(9)2-5(8(11)12)3-7(4)15(10,13)14/h2-3H,1H3,(H,11,12)(H2,10,13,14). The van der Waals surface area contributed by atoms with E-state index in [9.17, 15) is 13.2 Å². The Morgan fingerprint density at radius 2 is 2.00 bits per heavy atom. The fourth-order valence-electron chi connectivity index (χ4n) is 1.07. The molecule has 0 heterocycles. The highest BCUT2D eigenvalue weighted by molar-refractivity contribution is 7.89. The van der Waals surface area contributed by atoms with Crippen LogP contribution in [0.15, 0.2) is 17.0 Å². The highest BCUT2D eigenvalue weighted by Gasteiger charge is 2.17. The number of halogens is 1. The first-order valence-electron chi connectivity index (χ1n) is 3.79. The van der Waals surface area contributed by atoms with E-state index in [0.717, 1.165) is 6.07 Å². The molecule has 0 fully saturated rings. The molecule has 0 unspecified atom stereocenters. The lowest BCUT2D eigenvalue weighted by molar-refractivity contribution is 0.0696. The van der Waals surface area contributed by atoms with E-state index in [0.29, 0.717) is 0 Å². The molecule has 0 aliphatic rings. The third-order valence-corrected chi connectivity index (χ3v) is 3.28. The summed E-state index contributed by atoms with van der Waals surface area (Å²) in [5.41, 5.74) is 0.0267. The van der Waals surface area contributed by atoms with Crippen molar-refractivity contribution in [1.29, 1.82) is 0 Å². The molecule has 0 aliphatic carbocycles. The maximum atomic E-state index is 11.1. The van der Waals surface area contributed by atoms with Gasteiger partial charge in [-0.05, 0) is 24.6 Å². The molecule has 0 saturated heterocycles. The van der Waals surface area contributed by atoms with Crippen LogP contribution in [0.4, 0.5) is 0 Å². The van der Waals surface area contributed by atoms with Crippen LogP contribution in [0.5, 0.6) is 0 Å². The lowest BCUT2D eigenvalue weighted by Crippen LogP contribution is -2.15. The minimum atomic E-state index is -3.96. The van der Waals surface area contributed by atoms with Crippen molar-refractivity contribution >= 4 is 27.6 Å². The van der Waals surface area contributed by atoms with Crippen molar-refractivity contribution < 1.29 is 18.3 Å². The van der Waals surface area contributed by atoms with E-state index in [1.807, 2.05) is 0 Å². The monoisotopic (exact) mass is 249 g/mol. The third kappa shape index (κ3) is 2.47. The maximum absolute atomic E-state index is 11.1. The van der Waals surface area contributed by atoms with Crippen LogP contribution in [0.2, 0.25) is 5.02 Å². The average Bonchev–Trinajstić information content (AvgIpc) is 2.06. The zero-order chi connectivity index (χ0) is 11.8. The number of primary sulfonamides is 1. The number of hydrogen-bond acceptors (Lipinski definition) is 3. The van der Waals surface area contributed by atoms with Gasteiger partial charge in [-0.2, -0.15) is 0 Å². The van der Waals surface area contributed by atoms with Crippen LogP contribution in [0, 0.1) is 6.92 Å². The lowest BCUT2D eigenvalue weighted by Gasteiger charge is -2.06. The van der Waals surface area contributed by atoms with Crippen LogP contribution in [0.3, 0.4) is 0 Å². The first-order chi connectivity index (χ1) is 6.73. The molecule has 0 saturated carbocycles. The SMILES string of the molecule is Cc1c(Cl)cc(C(=O)O)cc1S(N)(=O)=O. The van der Waals surface area contributed by atoms with Crippen molar-refractivity contribution in [1.82, 2.24) is 0 Å². The first kappa shape index (κ1) is 12.0. The number of rotatable bonds is 2. The highest BCUT2D eigenvalue weighted by atomic mass is 35.5. The fraction of sp³-hybridized carbons (Fsp3) is 0.125. The lowest BCUT2D eigenvalue weighted by atomic mass is 10.1. The number of benzene rings is 1. The van der Waals surface area contributed by atoms with Crippen molar-refractivity contribution in [3.63, 3.8) is 0 Å². The third-order valence-electron chi connectivity index (χ3n) is 1.85. The normalized spacial score (nSPS) is 11.4. The second-order valence-electron chi connectivity index (χ2n) is 2.93. The summed E-state index contributed by atoms with van der Waals surface area (Å²) in [5, 5.41) is 13.7. The number of carbonyl (C=O) groups is 1. The summed E-state index contributed by atoms with van der Waals surface area (Å²) in [5.74, 6) is -1.26. The molecule has 0 radical (unpaired) electrons. The van der Waals surface area contributed by atoms with Crippen LogP contribution < -0.4 is 5.14 Å². The molecule has 0 aliphatic heterocycles. The Morgan fingerprint density at radius 1 is 1.47 bits per heavy atom. The van der Waals surface area contributed by atoms with E-state index < -0.39 is 16.0 Å². The van der Waals surface area contributed by atoms with Gasteiger partial charge in [0.1, 0.15) is 0 Å². The molecule has 0 bridgehead atoms. The minimum absolute atomic E-state index is 0.0546. The summed E-state index contributed by atoms with van der Waals surface area (Å²) in [6.45, 7) is 1.45. The Balaban J connectivity index is 3.59. The van der Waals surface area contributed by atoms with E-state index in [1.165, 1.54) is 13.0 Å². The van der Waals surface area contributed by atoms with Gasteiger partial charge in [-0.3, -0.25) is 0 Å². The van der Waals surface area contributed by atoms with Crippen molar-refractivity contribution in [3.8, 4) is 0 Å². The molecule has 5 nitrogen and oxygen atoms in total. The average molecular weight is 250 g/mol. The summed E-state index contributed by atoms with van der Waals surface area (Å²) in [7, 11) is -3.96. The van der Waals surface area contributed by atoms with E-state index in [-0.39, 0.29) is 21.0 Å². The van der Waals surface area contributed by atoms with Crippen molar-refractivity contribution in [2.45, 2.75) is 11.8 Å². The molecular formula is C8H8ClNO4S. The number of nitrogens with two attached hydrogens (primary N) is 1. The van der Waals surface area contributed by atoms with Gasteiger partial charge in [-0.15, -0.1) is 0 Å². The quantitative estimate of drug-likeness (QED) is 0.817. The van der Waals surface area contributed by atoms with Gasteiger partial charge in [0.25, 0.3) is 0 Å². The summed E-state index contributed by atoms with van der Waals surface area (Å²) in [6, 6.07) is 2.16. The molecule has 3 N–H and O–H groups in total. The second-order valence-corrected chi connectivity index (χ2v) is 4.87. The van der Waals surface area contributed by atoms with Crippen LogP contribution >= 0.6 is 11.6 Å². The molecular weight excluding hydrogens is 242 g/mol. The van der Waals surface area contributed by atoms with Gasteiger partial charge in [0.05, 0.1) is 10.5 Å². The smallest absolute Gasteiger partial charge is 0.335 e.